The second kappa shape index (κ2) is 6.57. The summed E-state index contributed by atoms with van der Waals surface area (Å²) >= 11 is 9.23. The van der Waals surface area contributed by atoms with Crippen LogP contribution in [-0.4, -0.2) is 7.11 Å². The van der Waals surface area contributed by atoms with E-state index in [0.717, 1.165) is 10.0 Å². The molecule has 106 valence electrons. The molecule has 5 heteroatoms. The minimum atomic E-state index is -0.413. The van der Waals surface area contributed by atoms with Crippen LogP contribution >= 0.6 is 27.5 Å². The molecule has 0 amide bonds. The third-order valence-electron chi connectivity index (χ3n) is 3.07. The average Bonchev–Trinajstić information content (AvgIpc) is 2.44. The van der Waals surface area contributed by atoms with Crippen LogP contribution < -0.4 is 10.5 Å². The van der Waals surface area contributed by atoms with Crippen LogP contribution in [0.25, 0.3) is 0 Å². The third-order valence-corrected chi connectivity index (χ3v) is 4.09. The van der Waals surface area contributed by atoms with Crippen LogP contribution in [0.2, 0.25) is 5.02 Å². The number of hydrogen-bond donors (Lipinski definition) is 1. The summed E-state index contributed by atoms with van der Waals surface area (Å²) < 4.78 is 20.0. The van der Waals surface area contributed by atoms with Crippen molar-refractivity contribution in [2.75, 3.05) is 7.11 Å². The highest BCUT2D eigenvalue weighted by Crippen LogP contribution is 2.29. The van der Waals surface area contributed by atoms with Crippen LogP contribution in [0.3, 0.4) is 0 Å². The lowest BCUT2D eigenvalue weighted by molar-refractivity contribution is 0.413. The Morgan fingerprint density at radius 2 is 2.10 bits per heavy atom. The predicted molar refractivity (Wildman–Crippen MR) is 82.7 cm³/mol. The Bertz CT molecular complexity index is 621. The molecule has 1 atom stereocenters. The van der Waals surface area contributed by atoms with Crippen molar-refractivity contribution in [2.24, 2.45) is 5.73 Å². The Kier molecular flexibility index (Phi) is 5.02. The summed E-state index contributed by atoms with van der Waals surface area (Å²) in [5.41, 5.74) is 7.54. The maximum atomic E-state index is 13.9. The minimum absolute atomic E-state index is 0.111. The number of benzene rings is 2. The van der Waals surface area contributed by atoms with E-state index in [9.17, 15) is 4.39 Å². The minimum Gasteiger partial charge on any atom is -0.497 e. The highest BCUT2D eigenvalue weighted by Gasteiger charge is 2.15. The summed E-state index contributed by atoms with van der Waals surface area (Å²) in [6, 6.07) is 10.1. The maximum Gasteiger partial charge on any atom is 0.145 e. The molecule has 0 spiro atoms. The fourth-order valence-corrected chi connectivity index (χ4v) is 2.72. The van der Waals surface area contributed by atoms with Crippen LogP contribution in [-0.2, 0) is 6.42 Å². The van der Waals surface area contributed by atoms with Crippen molar-refractivity contribution in [1.82, 2.24) is 0 Å². The largest absolute Gasteiger partial charge is 0.497 e. The molecule has 0 bridgehead atoms. The van der Waals surface area contributed by atoms with Crippen molar-refractivity contribution in [3.63, 3.8) is 0 Å². The van der Waals surface area contributed by atoms with Gasteiger partial charge in [0.05, 0.1) is 12.1 Å². The Morgan fingerprint density at radius 1 is 1.35 bits per heavy atom. The molecule has 2 nitrogen and oxygen atoms in total. The Balaban J connectivity index is 2.28. The van der Waals surface area contributed by atoms with E-state index in [0.29, 0.717) is 17.7 Å². The van der Waals surface area contributed by atoms with E-state index in [4.69, 9.17) is 22.1 Å². The molecule has 0 aromatic heterocycles. The van der Waals surface area contributed by atoms with Gasteiger partial charge in [0.1, 0.15) is 11.6 Å². The van der Waals surface area contributed by atoms with Gasteiger partial charge in [0, 0.05) is 10.5 Å². The lowest BCUT2D eigenvalue weighted by atomic mass is 9.99. The van der Waals surface area contributed by atoms with Gasteiger partial charge in [-0.05, 0) is 41.8 Å². The first-order valence-electron chi connectivity index (χ1n) is 6.05. The molecule has 0 heterocycles. The zero-order chi connectivity index (χ0) is 14.7. The first-order valence-corrected chi connectivity index (χ1v) is 7.22. The number of rotatable bonds is 4. The molecule has 0 aliphatic heterocycles. The van der Waals surface area contributed by atoms with Crippen molar-refractivity contribution in [3.8, 4) is 5.75 Å². The highest BCUT2D eigenvalue weighted by molar-refractivity contribution is 9.10. The van der Waals surface area contributed by atoms with Crippen LogP contribution in [0.1, 0.15) is 17.2 Å². The summed E-state index contributed by atoms with van der Waals surface area (Å²) in [6.07, 6.45) is 0.359. The molecule has 2 aromatic rings. The van der Waals surface area contributed by atoms with Gasteiger partial charge in [0.15, 0.2) is 0 Å². The molecule has 0 radical (unpaired) electrons. The molecule has 2 aromatic carbocycles. The summed E-state index contributed by atoms with van der Waals surface area (Å²) in [5, 5.41) is 0.111. The SMILES string of the molecule is COc1ccc(Br)c(C(N)Cc2cccc(Cl)c2F)c1. The summed E-state index contributed by atoms with van der Waals surface area (Å²) in [4.78, 5) is 0. The summed E-state index contributed by atoms with van der Waals surface area (Å²) in [5.74, 6) is 0.300. The van der Waals surface area contributed by atoms with Gasteiger partial charge in [0.2, 0.25) is 0 Å². The Morgan fingerprint density at radius 3 is 2.80 bits per heavy atom. The smallest absolute Gasteiger partial charge is 0.145 e. The van der Waals surface area contributed by atoms with E-state index in [2.05, 4.69) is 15.9 Å². The van der Waals surface area contributed by atoms with Crippen molar-refractivity contribution in [3.05, 3.63) is 62.8 Å². The zero-order valence-corrected chi connectivity index (χ0v) is 13.2. The number of hydrogen-bond acceptors (Lipinski definition) is 2. The standard InChI is InChI=1S/C15H14BrClFNO/c1-20-10-5-6-12(16)11(8-10)14(19)7-9-3-2-4-13(17)15(9)18/h2-6,8,14H,7,19H2,1H3. The number of nitrogens with two attached hydrogens (primary N) is 1. The zero-order valence-electron chi connectivity index (χ0n) is 10.9. The van der Waals surface area contributed by atoms with Gasteiger partial charge in [-0.1, -0.05) is 39.7 Å². The first kappa shape index (κ1) is 15.3. The van der Waals surface area contributed by atoms with Gasteiger partial charge in [0.25, 0.3) is 0 Å². The fraction of sp³-hybridized carbons (Fsp3) is 0.200. The van der Waals surface area contributed by atoms with Gasteiger partial charge in [-0.3, -0.25) is 0 Å². The molecular weight excluding hydrogens is 345 g/mol. The Labute approximate surface area is 130 Å². The van der Waals surface area contributed by atoms with E-state index in [1.807, 2.05) is 18.2 Å². The van der Waals surface area contributed by atoms with Gasteiger partial charge in [-0.15, -0.1) is 0 Å². The van der Waals surface area contributed by atoms with Gasteiger partial charge < -0.3 is 10.5 Å². The van der Waals surface area contributed by atoms with Crippen LogP contribution in [0, 0.1) is 5.82 Å². The second-order valence-corrected chi connectivity index (χ2v) is 5.67. The molecule has 20 heavy (non-hydrogen) atoms. The summed E-state index contributed by atoms with van der Waals surface area (Å²) in [7, 11) is 1.59. The molecule has 2 N–H and O–H groups in total. The van der Waals surface area contributed by atoms with Crippen LogP contribution in [0.15, 0.2) is 40.9 Å². The first-order chi connectivity index (χ1) is 9.52. The summed E-state index contributed by atoms with van der Waals surface area (Å²) in [6.45, 7) is 0. The fourth-order valence-electron chi connectivity index (χ4n) is 1.99. The van der Waals surface area contributed by atoms with Gasteiger partial charge >= 0.3 is 0 Å². The van der Waals surface area contributed by atoms with E-state index >= 15 is 0 Å². The topological polar surface area (TPSA) is 35.2 Å². The number of methoxy groups -OCH3 is 1. The highest BCUT2D eigenvalue weighted by atomic mass is 79.9. The predicted octanol–water partition coefficient (Wildman–Crippen LogP) is 4.49. The van der Waals surface area contributed by atoms with Crippen molar-refractivity contribution >= 4 is 27.5 Å². The van der Waals surface area contributed by atoms with E-state index < -0.39 is 5.82 Å². The molecule has 0 fully saturated rings. The molecular formula is C15H14BrClFNO. The van der Waals surface area contributed by atoms with Crippen molar-refractivity contribution < 1.29 is 9.13 Å². The van der Waals surface area contributed by atoms with Crippen LogP contribution in [0.5, 0.6) is 5.75 Å². The lowest BCUT2D eigenvalue weighted by Crippen LogP contribution is -2.15. The Hall–Kier alpha value is -1.10. The van der Waals surface area contributed by atoms with Crippen molar-refractivity contribution in [1.29, 1.82) is 0 Å². The monoisotopic (exact) mass is 357 g/mol. The maximum absolute atomic E-state index is 13.9. The number of ether oxygens (including phenoxy) is 1. The van der Waals surface area contributed by atoms with E-state index in [-0.39, 0.29) is 11.1 Å². The third kappa shape index (κ3) is 3.32. The van der Waals surface area contributed by atoms with Crippen LogP contribution in [0.4, 0.5) is 4.39 Å². The molecule has 1 unspecified atom stereocenters. The number of halogens is 3. The second-order valence-electron chi connectivity index (χ2n) is 4.41. The van der Waals surface area contributed by atoms with Crippen molar-refractivity contribution in [2.45, 2.75) is 12.5 Å². The molecule has 0 aliphatic rings. The molecule has 0 aliphatic carbocycles. The average molecular weight is 359 g/mol. The van der Waals surface area contributed by atoms with Gasteiger partial charge in [-0.2, -0.15) is 0 Å². The normalized spacial score (nSPS) is 12.2. The molecule has 0 saturated heterocycles. The quantitative estimate of drug-likeness (QED) is 0.874. The van der Waals surface area contributed by atoms with E-state index in [1.54, 1.807) is 19.2 Å². The molecule has 2 rings (SSSR count). The van der Waals surface area contributed by atoms with Gasteiger partial charge in [-0.25, -0.2) is 4.39 Å². The lowest BCUT2D eigenvalue weighted by Gasteiger charge is -2.16. The molecule has 0 saturated carbocycles. The van der Waals surface area contributed by atoms with E-state index in [1.165, 1.54) is 6.07 Å².